The molecule has 3 aromatic rings. The van der Waals surface area contributed by atoms with Crippen molar-refractivity contribution < 1.29 is 18.3 Å². The topological polar surface area (TPSA) is 54.8 Å². The lowest BCUT2D eigenvalue weighted by Crippen LogP contribution is -2.64. The highest BCUT2D eigenvalue weighted by Gasteiger charge is 2.44. The summed E-state index contributed by atoms with van der Waals surface area (Å²) in [4.78, 5) is 28.5. The summed E-state index contributed by atoms with van der Waals surface area (Å²) in [5, 5.41) is 2.04. The Morgan fingerprint density at radius 3 is 2.13 bits per heavy atom. The average molecular weight is 522 g/mol. The van der Waals surface area contributed by atoms with Gasteiger partial charge in [-0.2, -0.15) is 0 Å². The van der Waals surface area contributed by atoms with E-state index in [0.29, 0.717) is 49.0 Å². The van der Waals surface area contributed by atoms with Gasteiger partial charge >= 0.3 is 0 Å². The molecule has 1 amide bonds. The third-order valence-corrected chi connectivity index (χ3v) is 7.79. The van der Waals surface area contributed by atoms with Gasteiger partial charge < -0.3 is 9.64 Å². The van der Waals surface area contributed by atoms with Crippen LogP contribution < -0.4 is 10.4 Å². The first-order valence-electron chi connectivity index (χ1n) is 13.1. The number of carbonyl (C=O) groups excluding carboxylic acids is 1. The maximum absolute atomic E-state index is 15.3. The summed E-state index contributed by atoms with van der Waals surface area (Å²) in [6.45, 7) is 6.05. The fourth-order valence-corrected chi connectivity index (χ4v) is 6.06. The van der Waals surface area contributed by atoms with Crippen LogP contribution in [0.5, 0.6) is 0 Å². The largest absolute Gasteiger partial charge is 0.385 e. The van der Waals surface area contributed by atoms with Crippen LogP contribution in [0.2, 0.25) is 0 Å². The highest BCUT2D eigenvalue weighted by atomic mass is 19.1. The second-order valence-corrected chi connectivity index (χ2v) is 10.3. The summed E-state index contributed by atoms with van der Waals surface area (Å²) in [7, 11) is 1.64. The second-order valence-electron chi connectivity index (χ2n) is 10.3. The highest BCUT2D eigenvalue weighted by molar-refractivity contribution is 5.95. The predicted molar refractivity (Wildman–Crippen MR) is 142 cm³/mol. The number of rotatable bonds is 6. The van der Waals surface area contributed by atoms with E-state index in [1.54, 1.807) is 41.9 Å². The number of carbonyl (C=O) groups is 1. The maximum atomic E-state index is 15.3. The molecule has 38 heavy (non-hydrogen) atoms. The van der Waals surface area contributed by atoms with Crippen molar-refractivity contribution in [3.8, 4) is 0 Å². The maximum Gasteiger partial charge on any atom is 0.274 e. The molecule has 0 fully saturated rings. The molecular formula is C30H33F2N3O3. The first-order chi connectivity index (χ1) is 18.3. The fourth-order valence-electron chi connectivity index (χ4n) is 6.06. The fraction of sp³-hybridized carbons (Fsp3) is 0.400. The van der Waals surface area contributed by atoms with E-state index in [0.717, 1.165) is 11.1 Å². The number of methoxy groups -OCH3 is 1. The number of hydrogen-bond donors (Lipinski definition) is 0. The van der Waals surface area contributed by atoms with Crippen molar-refractivity contribution in [2.75, 3.05) is 18.7 Å². The van der Waals surface area contributed by atoms with Gasteiger partial charge in [0.1, 0.15) is 23.5 Å². The minimum atomic E-state index is -0.601. The number of benzene rings is 2. The molecule has 6 nitrogen and oxygen atoms in total. The minimum Gasteiger partial charge on any atom is -0.385 e. The van der Waals surface area contributed by atoms with Crippen molar-refractivity contribution in [3.63, 3.8) is 0 Å². The molecule has 0 spiro atoms. The molecule has 5 rings (SSSR count). The zero-order chi connectivity index (χ0) is 27.1. The quantitative estimate of drug-likeness (QED) is 0.434. The molecule has 8 heteroatoms. The summed E-state index contributed by atoms with van der Waals surface area (Å²) in [5.41, 5.74) is 2.92. The Morgan fingerprint density at radius 1 is 0.974 bits per heavy atom. The molecular weight excluding hydrogens is 488 g/mol. The van der Waals surface area contributed by atoms with Gasteiger partial charge in [-0.1, -0.05) is 24.3 Å². The van der Waals surface area contributed by atoms with Gasteiger partial charge in [0.25, 0.3) is 5.91 Å². The minimum absolute atomic E-state index is 0.189. The molecule has 2 aromatic carbocycles. The van der Waals surface area contributed by atoms with Crippen LogP contribution in [0.1, 0.15) is 71.0 Å². The average Bonchev–Trinajstić information content (AvgIpc) is 3.05. The molecule has 0 bridgehead atoms. The highest BCUT2D eigenvalue weighted by Crippen LogP contribution is 2.41. The zero-order valence-electron chi connectivity index (χ0n) is 22.2. The monoisotopic (exact) mass is 521 g/mol. The van der Waals surface area contributed by atoms with Crippen LogP contribution in [-0.2, 0) is 17.6 Å². The first-order valence-corrected chi connectivity index (χ1v) is 13.1. The van der Waals surface area contributed by atoms with Crippen LogP contribution in [0, 0.1) is 18.6 Å². The Balaban J connectivity index is 1.85. The van der Waals surface area contributed by atoms with E-state index >= 15 is 8.78 Å². The van der Waals surface area contributed by atoms with E-state index in [1.165, 1.54) is 18.2 Å². The van der Waals surface area contributed by atoms with Gasteiger partial charge in [-0.3, -0.25) is 19.3 Å². The van der Waals surface area contributed by atoms with Crippen LogP contribution in [0.4, 0.5) is 8.78 Å². The number of fused-ring (bicyclic) bond motifs is 3. The summed E-state index contributed by atoms with van der Waals surface area (Å²) in [5.74, 6) is -0.898. The normalized spacial score (nSPS) is 17.3. The van der Waals surface area contributed by atoms with Crippen molar-refractivity contribution in [2.24, 2.45) is 0 Å². The van der Waals surface area contributed by atoms with Gasteiger partial charge in [-0.15, -0.1) is 0 Å². The van der Waals surface area contributed by atoms with Gasteiger partial charge in [0.15, 0.2) is 5.43 Å². The molecule has 1 unspecified atom stereocenters. The number of ether oxygens (including phenoxy) is 1. The molecule has 1 aliphatic heterocycles. The molecule has 0 N–H and O–H groups in total. The van der Waals surface area contributed by atoms with E-state index in [9.17, 15) is 9.59 Å². The van der Waals surface area contributed by atoms with Crippen molar-refractivity contribution in [2.45, 2.75) is 64.7 Å². The van der Waals surface area contributed by atoms with Crippen LogP contribution >= 0.6 is 0 Å². The van der Waals surface area contributed by atoms with E-state index in [1.807, 2.05) is 31.0 Å². The SMILES string of the molecule is COCCCC1N(C(C)C)C(=O)c2c(C)c(=O)ccn2N1C1c2cccc(F)c2CCc2c(F)cccc21. The lowest BCUT2D eigenvalue weighted by molar-refractivity contribution is 0.0432. The number of aromatic nitrogens is 1. The molecule has 0 saturated heterocycles. The molecule has 1 aromatic heterocycles. The third kappa shape index (κ3) is 4.21. The van der Waals surface area contributed by atoms with E-state index in [-0.39, 0.29) is 34.7 Å². The van der Waals surface area contributed by atoms with E-state index in [2.05, 4.69) is 0 Å². The Morgan fingerprint density at radius 2 is 1.58 bits per heavy atom. The van der Waals surface area contributed by atoms with Gasteiger partial charge in [0.2, 0.25) is 0 Å². The van der Waals surface area contributed by atoms with Crippen molar-refractivity contribution in [1.82, 2.24) is 9.58 Å². The molecule has 2 aliphatic rings. The molecule has 0 saturated carbocycles. The van der Waals surface area contributed by atoms with Gasteiger partial charge in [0, 0.05) is 37.6 Å². The van der Waals surface area contributed by atoms with Crippen molar-refractivity contribution >= 4 is 5.91 Å². The Hall–Kier alpha value is -3.52. The zero-order valence-corrected chi connectivity index (χ0v) is 22.2. The number of hydrogen-bond acceptors (Lipinski definition) is 4. The van der Waals surface area contributed by atoms with E-state index in [4.69, 9.17) is 4.74 Å². The third-order valence-electron chi connectivity index (χ3n) is 7.79. The summed E-state index contributed by atoms with van der Waals surface area (Å²) in [6, 6.07) is 10.7. The van der Waals surface area contributed by atoms with Crippen LogP contribution in [0.25, 0.3) is 0 Å². The summed E-state index contributed by atoms with van der Waals surface area (Å²) in [6.07, 6.45) is 3.11. The number of nitrogens with zero attached hydrogens (tertiary/aromatic N) is 3. The molecule has 1 atom stereocenters. The smallest absolute Gasteiger partial charge is 0.274 e. The Bertz CT molecular complexity index is 1380. The summed E-state index contributed by atoms with van der Waals surface area (Å²) < 4.78 is 37.7. The van der Waals surface area contributed by atoms with E-state index < -0.39 is 12.2 Å². The summed E-state index contributed by atoms with van der Waals surface area (Å²) >= 11 is 0. The Labute approximate surface area is 221 Å². The van der Waals surface area contributed by atoms with Crippen molar-refractivity contribution in [3.05, 3.63) is 104 Å². The predicted octanol–water partition coefficient (Wildman–Crippen LogP) is 4.88. The molecule has 1 aliphatic carbocycles. The first kappa shape index (κ1) is 26.1. The molecule has 2 heterocycles. The standard InChI is InChI=1S/C30H33F2N3O3/c1-18(2)34-27(12-7-17-38-4)35(33-16-15-26(36)19(3)28(33)30(34)37)29-22-8-5-10-24(31)20(22)13-14-21-23(29)9-6-11-25(21)32/h5-6,8-11,15-16,18,27,29H,7,12-14,17H2,1-4H3. The van der Waals surface area contributed by atoms with Crippen LogP contribution in [0.3, 0.4) is 0 Å². The van der Waals surface area contributed by atoms with Gasteiger partial charge in [-0.05, 0) is 80.8 Å². The van der Waals surface area contributed by atoms with Gasteiger partial charge in [-0.25, -0.2) is 8.78 Å². The van der Waals surface area contributed by atoms with Crippen molar-refractivity contribution in [1.29, 1.82) is 0 Å². The lowest BCUT2D eigenvalue weighted by Gasteiger charge is -2.52. The number of halogens is 2. The lowest BCUT2D eigenvalue weighted by atomic mass is 9.92. The molecule has 200 valence electrons. The number of pyridine rings is 1. The second kappa shape index (κ2) is 10.3. The molecule has 0 radical (unpaired) electrons. The number of amides is 1. The Kier molecular flexibility index (Phi) is 7.09. The van der Waals surface area contributed by atoms with Crippen LogP contribution in [0.15, 0.2) is 53.5 Å². The van der Waals surface area contributed by atoms with Crippen LogP contribution in [-0.4, -0.2) is 41.4 Å². The van der Waals surface area contributed by atoms with Gasteiger partial charge in [0.05, 0.1) is 6.04 Å².